The second kappa shape index (κ2) is 9.34. The number of anilines is 2. The summed E-state index contributed by atoms with van der Waals surface area (Å²) in [5, 5.41) is 4.61. The van der Waals surface area contributed by atoms with Gasteiger partial charge in [-0.15, -0.1) is 0 Å². The average Bonchev–Trinajstić information content (AvgIpc) is 2.87. The molecule has 0 unspecified atom stereocenters. The third-order valence-corrected chi connectivity index (χ3v) is 4.88. The Hall–Kier alpha value is -2.81. The molecule has 0 saturated carbocycles. The van der Waals surface area contributed by atoms with Crippen LogP contribution < -0.4 is 21.9 Å². The molecular weight excluding hydrogens is 408 g/mol. The predicted octanol–water partition coefficient (Wildman–Crippen LogP) is 2.17. The Morgan fingerprint density at radius 1 is 1.27 bits per heavy atom. The topological polar surface area (TPSA) is 119 Å². The molecule has 0 aliphatic rings. The maximum atomic E-state index is 13.1. The Labute approximate surface area is 180 Å². The molecule has 2 aromatic rings. The highest BCUT2D eigenvalue weighted by molar-refractivity contribution is 6.31. The first kappa shape index (κ1) is 23.5. The van der Waals surface area contributed by atoms with Crippen LogP contribution in [0.3, 0.4) is 0 Å². The highest BCUT2D eigenvalue weighted by Crippen LogP contribution is 2.22. The second-order valence-electron chi connectivity index (χ2n) is 8.09. The Kier molecular flexibility index (Phi) is 7.30. The summed E-state index contributed by atoms with van der Waals surface area (Å²) >= 11 is 6.23. The molecule has 0 fully saturated rings. The van der Waals surface area contributed by atoms with Gasteiger partial charge in [0.25, 0.3) is 11.5 Å². The number of aryl methyl sites for hydroxylation is 2. The highest BCUT2D eigenvalue weighted by atomic mass is 35.5. The van der Waals surface area contributed by atoms with E-state index in [0.29, 0.717) is 23.0 Å². The van der Waals surface area contributed by atoms with Crippen LogP contribution in [0, 0.1) is 18.8 Å². The van der Waals surface area contributed by atoms with Crippen molar-refractivity contribution in [1.82, 2.24) is 19.3 Å². The molecular formula is C20H29ClN6O3. The molecule has 2 heterocycles. The summed E-state index contributed by atoms with van der Waals surface area (Å²) in [5.41, 5.74) is 6.15. The number of nitrogen functional groups attached to an aromatic ring is 1. The first-order valence-corrected chi connectivity index (χ1v) is 10.1. The summed E-state index contributed by atoms with van der Waals surface area (Å²) in [6.07, 6.45) is 2.89. The van der Waals surface area contributed by atoms with Crippen LogP contribution in [0.25, 0.3) is 6.08 Å². The van der Waals surface area contributed by atoms with Gasteiger partial charge in [0.15, 0.2) is 5.69 Å². The zero-order valence-electron chi connectivity index (χ0n) is 18.2. The number of hydrogen-bond donors (Lipinski definition) is 2. The third-order valence-electron chi connectivity index (χ3n) is 4.43. The Balaban J connectivity index is 2.55. The van der Waals surface area contributed by atoms with Gasteiger partial charge in [-0.3, -0.25) is 23.8 Å². The van der Waals surface area contributed by atoms with E-state index in [-0.39, 0.29) is 29.9 Å². The van der Waals surface area contributed by atoms with Gasteiger partial charge in [0.2, 0.25) is 0 Å². The summed E-state index contributed by atoms with van der Waals surface area (Å²) in [6, 6.07) is 0. The van der Waals surface area contributed by atoms with E-state index in [1.165, 1.54) is 20.2 Å². The van der Waals surface area contributed by atoms with Gasteiger partial charge in [0.05, 0.1) is 5.69 Å². The fourth-order valence-corrected chi connectivity index (χ4v) is 3.36. The van der Waals surface area contributed by atoms with Gasteiger partial charge in [-0.05, 0) is 24.8 Å². The normalized spacial score (nSPS) is 11.8. The van der Waals surface area contributed by atoms with Crippen molar-refractivity contribution >= 4 is 35.1 Å². The summed E-state index contributed by atoms with van der Waals surface area (Å²) in [5.74, 6) is -0.311. The van der Waals surface area contributed by atoms with Crippen LogP contribution in [0.15, 0.2) is 15.7 Å². The molecule has 0 spiro atoms. The number of amides is 1. The van der Waals surface area contributed by atoms with Crippen LogP contribution in [-0.4, -0.2) is 31.8 Å². The van der Waals surface area contributed by atoms with Crippen LogP contribution in [0.2, 0.25) is 5.15 Å². The number of H-pyrrole nitrogens is 1. The van der Waals surface area contributed by atoms with E-state index in [1.807, 2.05) is 27.7 Å². The molecule has 0 bridgehead atoms. The van der Waals surface area contributed by atoms with Crippen molar-refractivity contribution in [1.29, 1.82) is 0 Å². The molecule has 0 radical (unpaired) electrons. The minimum atomic E-state index is -0.699. The van der Waals surface area contributed by atoms with Gasteiger partial charge in [0, 0.05) is 31.8 Å². The summed E-state index contributed by atoms with van der Waals surface area (Å²) in [4.78, 5) is 41.5. The van der Waals surface area contributed by atoms with Crippen molar-refractivity contribution < 1.29 is 4.79 Å². The molecule has 0 aliphatic carbocycles. The van der Waals surface area contributed by atoms with Crippen LogP contribution >= 0.6 is 11.6 Å². The van der Waals surface area contributed by atoms with Crippen LogP contribution in [0.4, 0.5) is 11.5 Å². The monoisotopic (exact) mass is 436 g/mol. The summed E-state index contributed by atoms with van der Waals surface area (Å²) in [6.45, 7) is 10.0. The van der Waals surface area contributed by atoms with E-state index in [9.17, 15) is 14.4 Å². The standard InChI is InChI=1S/C20H29ClN6O3/c1-11(2)9-26(15(28)8-7-14-13(5)24-25(6)17(14)21)16-18(22)27(10-12(3)4)20(30)23-19(16)29/h7-8,11-12H,9-10,22H2,1-6H3,(H,23,29,30). The first-order valence-electron chi connectivity index (χ1n) is 9.75. The fraction of sp³-hybridized carbons (Fsp3) is 0.500. The zero-order valence-corrected chi connectivity index (χ0v) is 18.9. The van der Waals surface area contributed by atoms with Crippen molar-refractivity contribution in [3.8, 4) is 0 Å². The number of hydrogen-bond acceptors (Lipinski definition) is 5. The third kappa shape index (κ3) is 5.02. The number of nitrogens with one attached hydrogen (secondary N) is 1. The lowest BCUT2D eigenvalue weighted by Gasteiger charge is -2.25. The van der Waals surface area contributed by atoms with Crippen molar-refractivity contribution in [3.05, 3.63) is 43.3 Å². The Morgan fingerprint density at radius 3 is 2.40 bits per heavy atom. The zero-order chi connectivity index (χ0) is 22.7. The maximum Gasteiger partial charge on any atom is 0.330 e. The molecule has 0 aromatic carbocycles. The van der Waals surface area contributed by atoms with E-state index in [1.54, 1.807) is 20.0 Å². The number of aromatic nitrogens is 4. The number of halogens is 1. The lowest BCUT2D eigenvalue weighted by Crippen LogP contribution is -2.42. The second-order valence-corrected chi connectivity index (χ2v) is 8.45. The van der Waals surface area contributed by atoms with Crippen molar-refractivity contribution in [2.24, 2.45) is 18.9 Å². The van der Waals surface area contributed by atoms with Gasteiger partial charge in [-0.1, -0.05) is 39.3 Å². The fourth-order valence-electron chi connectivity index (χ4n) is 3.12. The van der Waals surface area contributed by atoms with Gasteiger partial charge >= 0.3 is 5.69 Å². The minimum Gasteiger partial charge on any atom is -0.383 e. The molecule has 2 aromatic heterocycles. The molecule has 0 saturated heterocycles. The molecule has 1 amide bonds. The summed E-state index contributed by atoms with van der Waals surface area (Å²) in [7, 11) is 1.71. The molecule has 3 N–H and O–H groups in total. The van der Waals surface area contributed by atoms with Crippen molar-refractivity contribution in [2.45, 2.75) is 41.2 Å². The molecule has 2 rings (SSSR count). The molecule has 9 nitrogen and oxygen atoms in total. The molecule has 10 heteroatoms. The van der Waals surface area contributed by atoms with E-state index in [4.69, 9.17) is 17.3 Å². The largest absolute Gasteiger partial charge is 0.383 e. The molecule has 30 heavy (non-hydrogen) atoms. The number of carbonyl (C=O) groups excluding carboxylic acids is 1. The molecule has 0 aliphatic heterocycles. The van der Waals surface area contributed by atoms with Crippen LogP contribution in [-0.2, 0) is 18.4 Å². The number of aromatic amines is 1. The number of nitrogens with zero attached hydrogens (tertiary/aromatic N) is 4. The summed E-state index contributed by atoms with van der Waals surface area (Å²) < 4.78 is 2.80. The molecule has 0 atom stereocenters. The van der Waals surface area contributed by atoms with E-state index in [2.05, 4.69) is 10.1 Å². The minimum absolute atomic E-state index is 0.0320. The number of carbonyl (C=O) groups is 1. The number of rotatable bonds is 7. The van der Waals surface area contributed by atoms with Gasteiger partial charge in [0.1, 0.15) is 11.0 Å². The lowest BCUT2D eigenvalue weighted by molar-refractivity contribution is -0.114. The van der Waals surface area contributed by atoms with Gasteiger partial charge in [-0.25, -0.2) is 4.79 Å². The average molecular weight is 437 g/mol. The van der Waals surface area contributed by atoms with Crippen molar-refractivity contribution in [3.63, 3.8) is 0 Å². The highest BCUT2D eigenvalue weighted by Gasteiger charge is 2.24. The van der Waals surface area contributed by atoms with Gasteiger partial charge in [-0.2, -0.15) is 5.10 Å². The van der Waals surface area contributed by atoms with Crippen molar-refractivity contribution in [2.75, 3.05) is 17.2 Å². The SMILES string of the molecule is Cc1nn(C)c(Cl)c1C=CC(=O)N(CC(C)C)c1c(N)n(CC(C)C)c(=O)[nH]c1=O. The lowest BCUT2D eigenvalue weighted by atomic mass is 10.1. The molecule has 164 valence electrons. The first-order chi connectivity index (χ1) is 13.9. The quantitative estimate of drug-likeness (QED) is 0.644. The smallest absolute Gasteiger partial charge is 0.330 e. The van der Waals surface area contributed by atoms with E-state index in [0.717, 1.165) is 0 Å². The Bertz CT molecular complexity index is 1080. The number of nitrogens with two attached hydrogens (primary N) is 1. The predicted molar refractivity (Wildman–Crippen MR) is 120 cm³/mol. The Morgan fingerprint density at radius 2 is 1.90 bits per heavy atom. The van der Waals surface area contributed by atoms with E-state index >= 15 is 0 Å². The van der Waals surface area contributed by atoms with Crippen LogP contribution in [0.5, 0.6) is 0 Å². The van der Waals surface area contributed by atoms with Gasteiger partial charge < -0.3 is 10.6 Å². The van der Waals surface area contributed by atoms with E-state index < -0.39 is 17.2 Å². The van der Waals surface area contributed by atoms with Crippen LogP contribution in [0.1, 0.15) is 39.0 Å². The maximum absolute atomic E-state index is 13.1.